The minimum absolute atomic E-state index is 0.109. The molecule has 3 aromatic heterocycles. The number of aryl methyl sites for hydroxylation is 1. The molecule has 31 heavy (non-hydrogen) atoms. The first-order valence-electron chi connectivity index (χ1n) is 9.52. The molecule has 10 heteroatoms. The summed E-state index contributed by atoms with van der Waals surface area (Å²) in [5, 5.41) is 2.70. The molecule has 4 aromatic rings. The zero-order valence-corrected chi connectivity index (χ0v) is 17.0. The lowest BCUT2D eigenvalue weighted by Crippen LogP contribution is -2.16. The number of halogens is 3. The highest BCUT2D eigenvalue weighted by atomic mass is 19.4. The van der Waals surface area contributed by atoms with Gasteiger partial charge in [-0.15, -0.1) is 0 Å². The molecule has 0 spiro atoms. The van der Waals surface area contributed by atoms with Crippen LogP contribution in [-0.2, 0) is 6.18 Å². The maximum absolute atomic E-state index is 13.4. The molecule has 7 nitrogen and oxygen atoms in total. The van der Waals surface area contributed by atoms with Crippen molar-refractivity contribution in [2.24, 2.45) is 0 Å². The average molecular weight is 428 g/mol. The zero-order valence-electron chi connectivity index (χ0n) is 17.0. The Balaban J connectivity index is 1.60. The van der Waals surface area contributed by atoms with Crippen LogP contribution < -0.4 is 5.32 Å². The van der Waals surface area contributed by atoms with Gasteiger partial charge in [0.2, 0.25) is 5.82 Å². The highest BCUT2D eigenvalue weighted by molar-refractivity contribution is 6.05. The van der Waals surface area contributed by atoms with Crippen LogP contribution in [0, 0.1) is 6.92 Å². The van der Waals surface area contributed by atoms with E-state index in [9.17, 15) is 18.0 Å². The van der Waals surface area contributed by atoms with Crippen molar-refractivity contribution in [2.45, 2.75) is 33.0 Å². The number of fused-ring (bicyclic) bond motifs is 1. The Bertz CT molecular complexity index is 1250. The Labute approximate surface area is 175 Å². The van der Waals surface area contributed by atoms with E-state index in [4.69, 9.17) is 0 Å². The first-order valence-corrected chi connectivity index (χ1v) is 9.52. The molecular weight excluding hydrogens is 409 g/mol. The van der Waals surface area contributed by atoms with Gasteiger partial charge in [-0.3, -0.25) is 9.36 Å². The molecule has 1 aromatic carbocycles. The number of aromatic nitrogens is 5. The lowest BCUT2D eigenvalue weighted by atomic mass is 10.1. The normalized spacial score (nSPS) is 12.0. The summed E-state index contributed by atoms with van der Waals surface area (Å²) in [6.45, 7) is 5.15. The molecule has 0 bridgehead atoms. The van der Waals surface area contributed by atoms with E-state index in [1.807, 2.05) is 6.92 Å². The van der Waals surface area contributed by atoms with Crippen LogP contribution in [-0.4, -0.2) is 30.0 Å². The highest BCUT2D eigenvalue weighted by Gasteiger charge is 2.38. The molecule has 1 amide bonds. The van der Waals surface area contributed by atoms with Gasteiger partial charge in [0.25, 0.3) is 5.91 Å². The molecule has 0 atom stereocenters. The summed E-state index contributed by atoms with van der Waals surface area (Å²) in [6, 6.07) is 7.30. The summed E-state index contributed by atoms with van der Waals surface area (Å²) in [7, 11) is 0. The van der Waals surface area contributed by atoms with Crippen LogP contribution in [0.5, 0.6) is 0 Å². The van der Waals surface area contributed by atoms with E-state index in [0.29, 0.717) is 17.0 Å². The monoisotopic (exact) mass is 428 g/mol. The average Bonchev–Trinajstić information content (AvgIpc) is 3.31. The Morgan fingerprint density at radius 1 is 1.13 bits per heavy atom. The molecule has 1 N–H and O–H groups in total. The molecule has 160 valence electrons. The molecular formula is C21H19F3N6O. The maximum Gasteiger partial charge on any atom is 0.449 e. The number of imidazole rings is 2. The van der Waals surface area contributed by atoms with Gasteiger partial charge in [0.15, 0.2) is 0 Å². The number of hydrogen-bond acceptors (Lipinski definition) is 4. The number of benzene rings is 1. The van der Waals surface area contributed by atoms with Gasteiger partial charge < -0.3 is 9.88 Å². The Morgan fingerprint density at radius 2 is 1.90 bits per heavy atom. The number of rotatable bonds is 4. The number of hydrogen-bond donors (Lipinski definition) is 1. The van der Waals surface area contributed by atoms with Gasteiger partial charge >= 0.3 is 6.18 Å². The molecule has 0 saturated heterocycles. The van der Waals surface area contributed by atoms with Crippen molar-refractivity contribution in [1.82, 2.24) is 24.1 Å². The van der Waals surface area contributed by atoms with E-state index < -0.39 is 23.9 Å². The molecule has 0 radical (unpaired) electrons. The smallest absolute Gasteiger partial charge is 0.321 e. The summed E-state index contributed by atoms with van der Waals surface area (Å²) < 4.78 is 43.1. The van der Waals surface area contributed by atoms with Gasteiger partial charge in [0.1, 0.15) is 11.6 Å². The van der Waals surface area contributed by atoms with Gasteiger partial charge in [-0.05, 0) is 51.1 Å². The van der Waals surface area contributed by atoms with Crippen LogP contribution in [0.3, 0.4) is 0 Å². The standard InChI is InChI=1S/C21H19F3N6O/c1-12(2)30-17-6-4-14(10-16(17)28-20(30)21(22,23)24)19(31)27-15-5-7-18(26-11-15)29-9-8-25-13(29)3/h4-12H,1-3H3,(H,27,31). The summed E-state index contributed by atoms with van der Waals surface area (Å²) in [6.07, 6.45) is 0.345. The van der Waals surface area contributed by atoms with Gasteiger partial charge in [-0.2, -0.15) is 13.2 Å². The predicted octanol–water partition coefficient (Wildman–Crippen LogP) is 4.78. The van der Waals surface area contributed by atoms with Crippen molar-refractivity contribution in [1.29, 1.82) is 0 Å². The second kappa shape index (κ2) is 7.53. The van der Waals surface area contributed by atoms with E-state index >= 15 is 0 Å². The molecule has 3 heterocycles. The topological polar surface area (TPSA) is 77.6 Å². The highest BCUT2D eigenvalue weighted by Crippen LogP contribution is 2.34. The number of nitrogens with one attached hydrogen (secondary N) is 1. The fourth-order valence-electron chi connectivity index (χ4n) is 3.39. The summed E-state index contributed by atoms with van der Waals surface area (Å²) >= 11 is 0. The number of alkyl halides is 3. The Hall–Kier alpha value is -3.69. The largest absolute Gasteiger partial charge is 0.449 e. The second-order valence-electron chi connectivity index (χ2n) is 7.30. The molecule has 4 rings (SSSR count). The molecule has 0 saturated carbocycles. The van der Waals surface area contributed by atoms with E-state index in [1.165, 1.54) is 24.4 Å². The molecule has 0 aliphatic heterocycles. The zero-order chi connectivity index (χ0) is 22.3. The van der Waals surface area contributed by atoms with Crippen LogP contribution in [0.2, 0.25) is 0 Å². The SMILES string of the molecule is Cc1nccn1-c1ccc(NC(=O)c2ccc3c(c2)nc(C(F)(F)F)n3C(C)C)cn1. The second-order valence-corrected chi connectivity index (χ2v) is 7.30. The fourth-order valence-corrected chi connectivity index (χ4v) is 3.39. The summed E-state index contributed by atoms with van der Waals surface area (Å²) in [4.78, 5) is 24.8. The Morgan fingerprint density at radius 3 is 2.48 bits per heavy atom. The number of carbonyl (C=O) groups is 1. The van der Waals surface area contributed by atoms with Crippen LogP contribution >= 0.6 is 0 Å². The van der Waals surface area contributed by atoms with Crippen molar-refractivity contribution in [3.8, 4) is 5.82 Å². The quantitative estimate of drug-likeness (QED) is 0.508. The first kappa shape index (κ1) is 20.6. The van der Waals surface area contributed by atoms with Crippen LogP contribution in [0.1, 0.15) is 41.9 Å². The van der Waals surface area contributed by atoms with Crippen LogP contribution in [0.4, 0.5) is 18.9 Å². The molecule has 0 aliphatic rings. The van der Waals surface area contributed by atoms with Crippen molar-refractivity contribution >= 4 is 22.6 Å². The number of carbonyl (C=O) groups excluding carboxylic acids is 1. The fraction of sp³-hybridized carbons (Fsp3) is 0.238. The number of nitrogens with zero attached hydrogens (tertiary/aromatic N) is 5. The van der Waals surface area contributed by atoms with E-state index in [0.717, 1.165) is 10.4 Å². The van der Waals surface area contributed by atoms with Gasteiger partial charge in [-0.1, -0.05) is 0 Å². The van der Waals surface area contributed by atoms with Gasteiger partial charge in [0.05, 0.1) is 22.9 Å². The number of anilines is 1. The molecule has 0 fully saturated rings. The first-order chi connectivity index (χ1) is 14.6. The van der Waals surface area contributed by atoms with Crippen LogP contribution in [0.25, 0.3) is 16.9 Å². The van der Waals surface area contributed by atoms with E-state index in [1.54, 1.807) is 42.9 Å². The Kier molecular flexibility index (Phi) is 5.00. The van der Waals surface area contributed by atoms with Crippen molar-refractivity contribution < 1.29 is 18.0 Å². The maximum atomic E-state index is 13.4. The van der Waals surface area contributed by atoms with E-state index in [2.05, 4.69) is 20.3 Å². The van der Waals surface area contributed by atoms with Gasteiger partial charge in [0, 0.05) is 24.0 Å². The minimum Gasteiger partial charge on any atom is -0.321 e. The summed E-state index contributed by atoms with van der Waals surface area (Å²) in [5.41, 5.74) is 1.08. The third-order valence-corrected chi connectivity index (χ3v) is 4.80. The minimum atomic E-state index is -4.59. The number of pyridine rings is 1. The van der Waals surface area contributed by atoms with Crippen molar-refractivity contribution in [2.75, 3.05) is 5.32 Å². The predicted molar refractivity (Wildman–Crippen MR) is 109 cm³/mol. The molecule has 0 aliphatic carbocycles. The van der Waals surface area contributed by atoms with Crippen LogP contribution in [0.15, 0.2) is 48.9 Å². The van der Waals surface area contributed by atoms with Crippen molar-refractivity contribution in [3.63, 3.8) is 0 Å². The lowest BCUT2D eigenvalue weighted by molar-refractivity contribution is -0.147. The van der Waals surface area contributed by atoms with E-state index in [-0.39, 0.29) is 11.1 Å². The third-order valence-electron chi connectivity index (χ3n) is 4.80. The lowest BCUT2D eigenvalue weighted by Gasteiger charge is -2.14. The number of amides is 1. The molecule has 0 unspecified atom stereocenters. The summed E-state index contributed by atoms with van der Waals surface area (Å²) in [5.74, 6) is -0.0301. The van der Waals surface area contributed by atoms with Gasteiger partial charge in [-0.25, -0.2) is 15.0 Å². The third kappa shape index (κ3) is 3.88. The van der Waals surface area contributed by atoms with Crippen molar-refractivity contribution in [3.05, 3.63) is 66.1 Å².